The van der Waals surface area contributed by atoms with Gasteiger partial charge in [-0.1, -0.05) is 60.7 Å². The van der Waals surface area contributed by atoms with Crippen LogP contribution < -0.4 is 5.73 Å². The maximum atomic E-state index is 13.6. The third-order valence-electron chi connectivity index (χ3n) is 7.73. The summed E-state index contributed by atoms with van der Waals surface area (Å²) in [6.45, 7) is 0.376. The average Bonchev–Trinajstić information content (AvgIpc) is 2.99. The zero-order valence-electron chi connectivity index (χ0n) is 23.3. The first-order valence-corrected chi connectivity index (χ1v) is 13.5. The lowest BCUT2D eigenvalue weighted by Gasteiger charge is -2.52. The highest BCUT2D eigenvalue weighted by Crippen LogP contribution is 2.43. The van der Waals surface area contributed by atoms with Crippen LogP contribution >= 0.6 is 0 Å². The van der Waals surface area contributed by atoms with Crippen molar-refractivity contribution in [2.24, 2.45) is 5.73 Å². The number of piperidine rings is 1. The Kier molecular flexibility index (Phi) is 9.43. The van der Waals surface area contributed by atoms with Crippen LogP contribution in [0.1, 0.15) is 53.7 Å². The van der Waals surface area contributed by atoms with Crippen LogP contribution in [0.2, 0.25) is 0 Å². The zero-order valence-corrected chi connectivity index (χ0v) is 23.3. The Labute approximate surface area is 245 Å². The molecule has 0 aromatic heterocycles. The minimum Gasteiger partial charge on any atom is -0.445 e. The highest BCUT2D eigenvalue weighted by molar-refractivity contribution is 5.70. The maximum Gasteiger partial charge on any atom is 0.416 e. The topological polar surface area (TPSA) is 85.0 Å². The van der Waals surface area contributed by atoms with E-state index in [-0.39, 0.29) is 44.2 Å². The molecule has 3 atom stereocenters. The summed E-state index contributed by atoms with van der Waals surface area (Å²) in [7, 11) is 0. The minimum atomic E-state index is -5.02. The first-order chi connectivity index (χ1) is 20.2. The molecule has 1 aliphatic heterocycles. The van der Waals surface area contributed by atoms with E-state index in [1.807, 2.05) is 0 Å². The smallest absolute Gasteiger partial charge is 0.416 e. The summed E-state index contributed by atoms with van der Waals surface area (Å²) in [5.41, 5.74) is 2.03. The van der Waals surface area contributed by atoms with Crippen molar-refractivity contribution in [3.63, 3.8) is 0 Å². The summed E-state index contributed by atoms with van der Waals surface area (Å²) in [6.07, 6.45) is -11.6. The van der Waals surface area contributed by atoms with Gasteiger partial charge in [-0.3, -0.25) is 4.90 Å². The predicted octanol–water partition coefficient (Wildman–Crippen LogP) is 6.82. The SMILES string of the molecule is C[C@@H](OC[C@]1(c2ccccc2)CC[C@](N)(CO)CN1C(=O)OCc1ccccc1)c1cc(C(F)(F)F)cc(C(F)(F)F)c1. The third-order valence-corrected chi connectivity index (χ3v) is 7.73. The van der Waals surface area contributed by atoms with Crippen LogP contribution in [0.4, 0.5) is 31.1 Å². The number of likely N-dealkylation sites (tertiary alicyclic amines) is 1. The van der Waals surface area contributed by atoms with Crippen LogP contribution in [0.3, 0.4) is 0 Å². The first kappa shape index (κ1) is 32.3. The number of carbonyl (C=O) groups is 1. The predicted molar refractivity (Wildman–Crippen MR) is 146 cm³/mol. The number of aliphatic hydroxyl groups is 1. The second kappa shape index (κ2) is 12.6. The number of hydrogen-bond acceptors (Lipinski definition) is 5. The molecule has 232 valence electrons. The molecule has 1 amide bonds. The molecule has 1 heterocycles. The molecule has 12 heteroatoms. The summed E-state index contributed by atoms with van der Waals surface area (Å²) < 4.78 is 92.7. The standard InChI is InChI=1S/C31H32F6N2O4/c1-21(23-14-25(30(32,33)34)16-26(15-23)31(35,36)37)43-20-29(24-10-6-3-7-11-24)13-12-28(38,19-40)18-39(29)27(41)42-17-22-8-4-2-5-9-22/h2-11,14-16,21,40H,12-13,17-20,38H2,1H3/t21-,28-,29+/m1/s1. The van der Waals surface area contributed by atoms with Gasteiger partial charge in [0.1, 0.15) is 6.61 Å². The van der Waals surface area contributed by atoms with Crippen molar-refractivity contribution in [3.8, 4) is 0 Å². The Morgan fingerprint density at radius 2 is 1.49 bits per heavy atom. The summed E-state index contributed by atoms with van der Waals surface area (Å²) in [5, 5.41) is 10.0. The van der Waals surface area contributed by atoms with Crippen molar-refractivity contribution in [3.05, 3.63) is 107 Å². The highest BCUT2D eigenvalue weighted by atomic mass is 19.4. The van der Waals surface area contributed by atoms with Gasteiger partial charge in [0.25, 0.3) is 0 Å². The molecule has 0 spiro atoms. The number of amides is 1. The summed E-state index contributed by atoms with van der Waals surface area (Å²) >= 11 is 0. The van der Waals surface area contributed by atoms with Crippen molar-refractivity contribution in [1.29, 1.82) is 0 Å². The Bertz CT molecular complexity index is 1350. The maximum absolute atomic E-state index is 13.6. The molecule has 0 saturated carbocycles. The van der Waals surface area contributed by atoms with Gasteiger partial charge in [0.15, 0.2) is 0 Å². The average molecular weight is 611 g/mol. The molecular formula is C31H32F6N2O4. The molecule has 3 aromatic rings. The highest BCUT2D eigenvalue weighted by Gasteiger charge is 2.51. The Balaban J connectivity index is 1.70. The van der Waals surface area contributed by atoms with Crippen LogP contribution in [0.25, 0.3) is 0 Å². The molecule has 3 aromatic carbocycles. The van der Waals surface area contributed by atoms with E-state index in [9.17, 15) is 36.2 Å². The Morgan fingerprint density at radius 3 is 2.02 bits per heavy atom. The molecule has 0 aliphatic carbocycles. The van der Waals surface area contributed by atoms with E-state index >= 15 is 0 Å². The van der Waals surface area contributed by atoms with Crippen LogP contribution in [0.15, 0.2) is 78.9 Å². The molecule has 0 radical (unpaired) electrons. The monoisotopic (exact) mass is 610 g/mol. The van der Waals surface area contributed by atoms with Gasteiger partial charge in [0, 0.05) is 6.54 Å². The molecule has 4 rings (SSSR count). The van der Waals surface area contributed by atoms with E-state index in [0.717, 1.165) is 0 Å². The van der Waals surface area contributed by atoms with Gasteiger partial charge in [-0.25, -0.2) is 4.79 Å². The van der Waals surface area contributed by atoms with Crippen molar-refractivity contribution < 1.29 is 45.7 Å². The first-order valence-electron chi connectivity index (χ1n) is 13.5. The molecular weight excluding hydrogens is 578 g/mol. The van der Waals surface area contributed by atoms with Crippen molar-refractivity contribution in [2.75, 3.05) is 19.8 Å². The van der Waals surface area contributed by atoms with E-state index in [1.54, 1.807) is 60.7 Å². The fourth-order valence-electron chi connectivity index (χ4n) is 5.16. The quantitative estimate of drug-likeness (QED) is 0.274. The van der Waals surface area contributed by atoms with Crippen LogP contribution in [0, 0.1) is 0 Å². The fraction of sp³-hybridized carbons (Fsp3) is 0.387. The second-order valence-electron chi connectivity index (χ2n) is 10.8. The fourth-order valence-corrected chi connectivity index (χ4v) is 5.16. The van der Waals surface area contributed by atoms with Gasteiger partial charge in [0.2, 0.25) is 0 Å². The summed E-state index contributed by atoms with van der Waals surface area (Å²) in [5.74, 6) is 0. The molecule has 6 nitrogen and oxygen atoms in total. The molecule has 1 saturated heterocycles. The number of aliphatic hydroxyl groups excluding tert-OH is 1. The number of nitrogens with zero attached hydrogens (tertiary/aromatic N) is 1. The Hall–Kier alpha value is -3.61. The minimum absolute atomic E-state index is 0.0585. The third kappa shape index (κ3) is 7.49. The second-order valence-corrected chi connectivity index (χ2v) is 10.8. The number of halogens is 6. The van der Waals surface area contributed by atoms with Crippen LogP contribution in [-0.4, -0.2) is 41.4 Å². The van der Waals surface area contributed by atoms with Gasteiger partial charge < -0.3 is 20.3 Å². The molecule has 3 N–H and O–H groups in total. The van der Waals surface area contributed by atoms with Crippen LogP contribution in [-0.2, 0) is 34.0 Å². The van der Waals surface area contributed by atoms with Crippen molar-refractivity contribution >= 4 is 6.09 Å². The van der Waals surface area contributed by atoms with Crippen LogP contribution in [0.5, 0.6) is 0 Å². The molecule has 1 fully saturated rings. The number of nitrogens with two attached hydrogens (primary N) is 1. The zero-order chi connectivity index (χ0) is 31.5. The lowest BCUT2D eigenvalue weighted by Crippen LogP contribution is -2.66. The van der Waals surface area contributed by atoms with Gasteiger partial charge in [-0.15, -0.1) is 0 Å². The van der Waals surface area contributed by atoms with E-state index in [1.165, 1.54) is 11.8 Å². The number of benzene rings is 3. The lowest BCUT2D eigenvalue weighted by molar-refractivity contribution is -0.143. The molecule has 0 bridgehead atoms. The largest absolute Gasteiger partial charge is 0.445 e. The Morgan fingerprint density at radius 1 is 0.930 bits per heavy atom. The molecule has 1 aliphatic rings. The van der Waals surface area contributed by atoms with E-state index in [0.29, 0.717) is 23.3 Å². The van der Waals surface area contributed by atoms with Crippen molar-refractivity contribution in [2.45, 2.75) is 55.9 Å². The molecule has 43 heavy (non-hydrogen) atoms. The van der Waals surface area contributed by atoms with Gasteiger partial charge in [-0.2, -0.15) is 26.3 Å². The van der Waals surface area contributed by atoms with Gasteiger partial charge in [0.05, 0.1) is 41.5 Å². The lowest BCUT2D eigenvalue weighted by atomic mass is 9.75. The molecule has 0 unspecified atom stereocenters. The number of alkyl halides is 6. The van der Waals surface area contributed by atoms with Crippen molar-refractivity contribution in [1.82, 2.24) is 4.90 Å². The summed E-state index contributed by atoms with van der Waals surface area (Å²) in [4.78, 5) is 15.0. The number of carbonyl (C=O) groups excluding carboxylic acids is 1. The van der Waals surface area contributed by atoms with E-state index < -0.39 is 53.4 Å². The van der Waals surface area contributed by atoms with Gasteiger partial charge >= 0.3 is 18.4 Å². The number of ether oxygens (including phenoxy) is 2. The normalized spacial score (nSPS) is 21.8. The van der Waals surface area contributed by atoms with Gasteiger partial charge in [-0.05, 0) is 54.7 Å². The van der Waals surface area contributed by atoms with E-state index in [4.69, 9.17) is 15.2 Å². The van der Waals surface area contributed by atoms with E-state index in [2.05, 4.69) is 0 Å². The number of rotatable bonds is 8. The summed E-state index contributed by atoms with van der Waals surface area (Å²) in [6, 6.07) is 18.9. The number of hydrogen-bond donors (Lipinski definition) is 2.